The van der Waals surface area contributed by atoms with E-state index in [0.717, 1.165) is 43.1 Å². The highest BCUT2D eigenvalue weighted by molar-refractivity contribution is 9.11. The van der Waals surface area contributed by atoms with Gasteiger partial charge in [-0.15, -0.1) is 5.10 Å². The Morgan fingerprint density at radius 2 is 1.97 bits per heavy atom. The minimum Gasteiger partial charge on any atom is -0.443 e. The van der Waals surface area contributed by atoms with Gasteiger partial charge in [-0.3, -0.25) is 9.48 Å². The number of amides is 1. The van der Waals surface area contributed by atoms with Crippen molar-refractivity contribution in [2.75, 3.05) is 6.54 Å². The number of carbonyl (C=O) groups is 1. The molecule has 0 radical (unpaired) electrons. The summed E-state index contributed by atoms with van der Waals surface area (Å²) in [5, 5.41) is 13.2. The van der Waals surface area contributed by atoms with Gasteiger partial charge in [0.1, 0.15) is 18.0 Å². The van der Waals surface area contributed by atoms with Gasteiger partial charge in [0.15, 0.2) is 5.89 Å². The molecule has 0 spiro atoms. The highest BCUT2D eigenvalue weighted by atomic mass is 79.9. The molecular formula is C24H25Br2N7O2. The summed E-state index contributed by atoms with van der Waals surface area (Å²) in [6.07, 6.45) is 3.68. The number of oxazole rings is 1. The molecule has 0 atom stereocenters. The first kappa shape index (κ1) is 23.9. The Kier molecular flexibility index (Phi) is 6.39. The molecule has 9 nitrogen and oxygen atoms in total. The van der Waals surface area contributed by atoms with Crippen LogP contribution < -0.4 is 0 Å². The summed E-state index contributed by atoms with van der Waals surface area (Å²) >= 11 is 7.09. The van der Waals surface area contributed by atoms with Gasteiger partial charge in [-0.05, 0) is 47.5 Å². The van der Waals surface area contributed by atoms with Crippen molar-refractivity contribution in [1.29, 1.82) is 0 Å². The Hall–Kier alpha value is -2.79. The maximum absolute atomic E-state index is 13.3. The van der Waals surface area contributed by atoms with Crippen molar-refractivity contribution in [2.45, 2.75) is 53.2 Å². The normalized spacial score (nSPS) is 13.5. The molecule has 3 aromatic heterocycles. The molecule has 0 saturated carbocycles. The van der Waals surface area contributed by atoms with Gasteiger partial charge in [-0.2, -0.15) is 5.10 Å². The molecule has 0 aliphatic carbocycles. The number of nitrogens with zero attached hydrogens (tertiary/aromatic N) is 7. The first-order valence-corrected chi connectivity index (χ1v) is 13.0. The summed E-state index contributed by atoms with van der Waals surface area (Å²) in [5.74, 6) is 1.69. The maximum atomic E-state index is 13.3. The van der Waals surface area contributed by atoms with Crippen LogP contribution in [-0.4, -0.2) is 47.1 Å². The van der Waals surface area contributed by atoms with Crippen LogP contribution in [0, 0.1) is 13.8 Å². The lowest BCUT2D eigenvalue weighted by molar-refractivity contribution is 0.0705. The molecule has 0 unspecified atom stereocenters. The van der Waals surface area contributed by atoms with Gasteiger partial charge in [-0.25, -0.2) is 9.67 Å². The number of aryl methyl sites for hydroxylation is 2. The molecule has 1 aliphatic rings. The van der Waals surface area contributed by atoms with E-state index >= 15 is 0 Å². The van der Waals surface area contributed by atoms with Crippen LogP contribution in [-0.2, 0) is 19.6 Å². The second-order valence-electron chi connectivity index (χ2n) is 9.05. The van der Waals surface area contributed by atoms with E-state index in [4.69, 9.17) is 4.42 Å². The molecule has 35 heavy (non-hydrogen) atoms. The van der Waals surface area contributed by atoms with Crippen molar-refractivity contribution in [3.05, 3.63) is 67.6 Å². The Bertz CT molecular complexity index is 1420. The summed E-state index contributed by atoms with van der Waals surface area (Å²) in [6, 6.07) is 3.83. The van der Waals surface area contributed by atoms with Gasteiger partial charge >= 0.3 is 0 Å². The SMILES string of the molecule is Cc1cc(Br)c(C(=O)N2CCn3ncc(-c4cn(Cc5oc(C(C)C)nc5C)nn4)c3C2)cc1Br. The monoisotopic (exact) mass is 601 g/mol. The molecule has 1 aromatic carbocycles. The largest absolute Gasteiger partial charge is 0.443 e. The number of benzene rings is 1. The van der Waals surface area contributed by atoms with Gasteiger partial charge in [-0.1, -0.05) is 35.0 Å². The molecule has 1 aliphatic heterocycles. The van der Waals surface area contributed by atoms with E-state index in [0.29, 0.717) is 37.4 Å². The third-order valence-electron chi connectivity index (χ3n) is 6.16. The minimum atomic E-state index is -0.0265. The fourth-order valence-corrected chi connectivity index (χ4v) is 5.07. The van der Waals surface area contributed by atoms with Crippen molar-refractivity contribution >= 4 is 37.8 Å². The van der Waals surface area contributed by atoms with Crippen molar-refractivity contribution in [1.82, 2.24) is 34.7 Å². The minimum absolute atomic E-state index is 0.0265. The van der Waals surface area contributed by atoms with E-state index in [-0.39, 0.29) is 11.8 Å². The van der Waals surface area contributed by atoms with E-state index in [9.17, 15) is 4.79 Å². The lowest BCUT2D eigenvalue weighted by Gasteiger charge is -2.29. The van der Waals surface area contributed by atoms with Crippen LogP contribution in [0.1, 0.15) is 58.7 Å². The number of aromatic nitrogens is 6. The first-order chi connectivity index (χ1) is 16.7. The zero-order valence-electron chi connectivity index (χ0n) is 19.9. The van der Waals surface area contributed by atoms with Crippen LogP contribution in [0.15, 0.2) is 37.9 Å². The average Bonchev–Trinajstić information content (AvgIpc) is 3.54. The van der Waals surface area contributed by atoms with Gasteiger partial charge in [0.05, 0.1) is 42.4 Å². The Labute approximate surface area is 219 Å². The molecule has 11 heteroatoms. The van der Waals surface area contributed by atoms with Gasteiger partial charge in [0, 0.05) is 27.0 Å². The summed E-state index contributed by atoms with van der Waals surface area (Å²) in [6.45, 7) is 10.1. The number of carbonyl (C=O) groups excluding carboxylic acids is 1. The molecule has 0 N–H and O–H groups in total. The lowest BCUT2D eigenvalue weighted by Crippen LogP contribution is -2.38. The number of halogens is 2. The Morgan fingerprint density at radius 1 is 1.17 bits per heavy atom. The number of fused-ring (bicyclic) bond motifs is 1. The summed E-state index contributed by atoms with van der Waals surface area (Å²) in [4.78, 5) is 19.7. The Morgan fingerprint density at radius 3 is 2.71 bits per heavy atom. The van der Waals surface area contributed by atoms with Crippen LogP contribution in [0.25, 0.3) is 11.3 Å². The second kappa shape index (κ2) is 9.34. The van der Waals surface area contributed by atoms with E-state index in [1.807, 2.05) is 41.8 Å². The standard InChI is InChI=1S/C24H25Br2N7O2/c1-13(2)23-28-15(4)22(35-23)12-32-10-20(29-30-32)17-9-27-33-6-5-31(11-21(17)33)24(34)16-8-18(25)14(3)7-19(16)26/h7-10,13H,5-6,11-12H2,1-4H3. The lowest BCUT2D eigenvalue weighted by atomic mass is 10.1. The highest BCUT2D eigenvalue weighted by Crippen LogP contribution is 2.30. The second-order valence-corrected chi connectivity index (χ2v) is 10.8. The summed E-state index contributed by atoms with van der Waals surface area (Å²) in [7, 11) is 0. The third kappa shape index (κ3) is 4.58. The van der Waals surface area contributed by atoms with Crippen molar-refractivity contribution < 1.29 is 9.21 Å². The van der Waals surface area contributed by atoms with Crippen LogP contribution in [0.4, 0.5) is 0 Å². The molecule has 4 aromatic rings. The average molecular weight is 603 g/mol. The highest BCUT2D eigenvalue weighted by Gasteiger charge is 2.27. The van der Waals surface area contributed by atoms with E-state index < -0.39 is 0 Å². The summed E-state index contributed by atoms with van der Waals surface area (Å²) in [5.41, 5.74) is 5.08. The fraction of sp³-hybridized carbons (Fsp3) is 0.375. The fourth-order valence-electron chi connectivity index (χ4n) is 4.10. The van der Waals surface area contributed by atoms with E-state index in [1.165, 1.54) is 0 Å². The summed E-state index contributed by atoms with van der Waals surface area (Å²) < 4.78 is 11.3. The first-order valence-electron chi connectivity index (χ1n) is 11.4. The third-order valence-corrected chi connectivity index (χ3v) is 7.67. The molecule has 0 fully saturated rings. The molecule has 4 heterocycles. The van der Waals surface area contributed by atoms with Crippen LogP contribution in [0.5, 0.6) is 0 Å². The van der Waals surface area contributed by atoms with Crippen LogP contribution in [0.2, 0.25) is 0 Å². The van der Waals surface area contributed by atoms with Crippen molar-refractivity contribution in [3.8, 4) is 11.3 Å². The Balaban J connectivity index is 1.37. The zero-order chi connectivity index (χ0) is 24.9. The molecule has 0 bridgehead atoms. The van der Waals surface area contributed by atoms with Crippen molar-refractivity contribution in [3.63, 3.8) is 0 Å². The van der Waals surface area contributed by atoms with E-state index in [1.54, 1.807) is 10.9 Å². The number of rotatable bonds is 5. The maximum Gasteiger partial charge on any atom is 0.255 e. The van der Waals surface area contributed by atoms with E-state index in [2.05, 4.69) is 66.1 Å². The van der Waals surface area contributed by atoms with Crippen LogP contribution in [0.3, 0.4) is 0 Å². The predicted octanol–water partition coefficient (Wildman–Crippen LogP) is 5.10. The molecule has 0 saturated heterocycles. The molecular weight excluding hydrogens is 578 g/mol. The van der Waals surface area contributed by atoms with Crippen LogP contribution >= 0.6 is 31.9 Å². The molecule has 182 valence electrons. The smallest absolute Gasteiger partial charge is 0.255 e. The topological polar surface area (TPSA) is 94.9 Å². The molecule has 1 amide bonds. The number of hydrogen-bond acceptors (Lipinski definition) is 6. The quantitative estimate of drug-likeness (QED) is 0.315. The number of hydrogen-bond donors (Lipinski definition) is 0. The zero-order valence-corrected chi connectivity index (χ0v) is 23.1. The van der Waals surface area contributed by atoms with Gasteiger partial charge in [0.25, 0.3) is 5.91 Å². The molecule has 5 rings (SSSR count). The predicted molar refractivity (Wildman–Crippen MR) is 137 cm³/mol. The van der Waals surface area contributed by atoms with Crippen molar-refractivity contribution in [2.24, 2.45) is 0 Å². The van der Waals surface area contributed by atoms with Gasteiger partial charge in [0.2, 0.25) is 0 Å². The van der Waals surface area contributed by atoms with Gasteiger partial charge < -0.3 is 9.32 Å².